The number of ether oxygens (including phenoxy) is 2. The van der Waals surface area contributed by atoms with E-state index >= 15 is 0 Å². The molecule has 0 spiro atoms. The second-order valence-electron chi connectivity index (χ2n) is 5.87. The molecule has 11 heteroatoms. The first-order valence-corrected chi connectivity index (χ1v) is 10.3. The van der Waals surface area contributed by atoms with Crippen LogP contribution in [0.3, 0.4) is 0 Å². The molecule has 3 N–H and O–H groups in total. The number of fused-ring (bicyclic) bond motifs is 1. The van der Waals surface area contributed by atoms with Crippen molar-refractivity contribution in [2.24, 2.45) is 0 Å². The highest BCUT2D eigenvalue weighted by atomic mass is 35.5. The molecule has 2 amide bonds. The highest BCUT2D eigenvalue weighted by Gasteiger charge is 2.27. The predicted octanol–water partition coefficient (Wildman–Crippen LogP) is 1.31. The molecular formula is C17H16ClN3O6S. The summed E-state index contributed by atoms with van der Waals surface area (Å²) in [6, 6.07) is 10.9. The Bertz CT molecular complexity index is 1030. The molecule has 0 unspecified atom stereocenters. The second-order valence-corrected chi connectivity index (χ2v) is 8.06. The van der Waals surface area contributed by atoms with Crippen LogP contribution in [-0.4, -0.2) is 39.2 Å². The maximum atomic E-state index is 12.4. The number of para-hydroxylation sites is 2. The summed E-state index contributed by atoms with van der Waals surface area (Å²) in [4.78, 5) is 24.7. The molecule has 0 radical (unpaired) electrons. The Morgan fingerprint density at radius 3 is 2.54 bits per heavy atom. The molecule has 1 heterocycles. The number of hydrogen-bond donors (Lipinski definition) is 3. The van der Waals surface area contributed by atoms with Crippen LogP contribution in [0.4, 0.5) is 5.69 Å². The lowest BCUT2D eigenvalue weighted by molar-refractivity contribution is -0.131. The Morgan fingerprint density at radius 2 is 1.82 bits per heavy atom. The Labute approximate surface area is 166 Å². The highest BCUT2D eigenvalue weighted by Crippen LogP contribution is 2.30. The van der Waals surface area contributed by atoms with Gasteiger partial charge in [0.25, 0.3) is 11.8 Å². The van der Waals surface area contributed by atoms with Crippen LogP contribution >= 0.6 is 11.6 Å². The lowest BCUT2D eigenvalue weighted by Crippen LogP contribution is -2.50. The monoisotopic (exact) mass is 425 g/mol. The minimum atomic E-state index is -3.62. The fourth-order valence-electron chi connectivity index (χ4n) is 2.41. The van der Waals surface area contributed by atoms with Crippen molar-refractivity contribution in [3.8, 4) is 11.5 Å². The van der Waals surface area contributed by atoms with Crippen LogP contribution in [0.15, 0.2) is 42.5 Å². The summed E-state index contributed by atoms with van der Waals surface area (Å²) in [5.74, 6) is -0.470. The van der Waals surface area contributed by atoms with Gasteiger partial charge in [-0.2, -0.15) is 0 Å². The highest BCUT2D eigenvalue weighted by molar-refractivity contribution is 7.92. The standard InChI is InChI=1S/C17H16ClN3O6S/c1-28(24,25)21-12-7-6-10(18)8-11(12)16(22)19-20-17(23)15-9-26-13-4-2-3-5-14(13)27-15/h2-8,15,21H,9H2,1H3,(H,19,22)(H,20,23)/t15-/m1/s1. The van der Waals surface area contributed by atoms with E-state index in [2.05, 4.69) is 15.6 Å². The molecule has 148 valence electrons. The average molecular weight is 426 g/mol. The number of hydrogen-bond acceptors (Lipinski definition) is 6. The normalized spacial score (nSPS) is 15.4. The van der Waals surface area contributed by atoms with E-state index in [0.29, 0.717) is 11.5 Å². The zero-order valence-electron chi connectivity index (χ0n) is 14.6. The van der Waals surface area contributed by atoms with Crippen molar-refractivity contribution in [3.05, 3.63) is 53.1 Å². The Hall–Kier alpha value is -2.98. The first kappa shape index (κ1) is 19.8. The number of sulfonamides is 1. The predicted molar refractivity (Wildman–Crippen MR) is 102 cm³/mol. The summed E-state index contributed by atoms with van der Waals surface area (Å²) < 4.78 is 36.1. The van der Waals surface area contributed by atoms with Gasteiger partial charge in [0.05, 0.1) is 17.5 Å². The van der Waals surface area contributed by atoms with Crippen molar-refractivity contribution in [1.82, 2.24) is 10.9 Å². The molecule has 1 aliphatic heterocycles. The molecule has 2 aromatic carbocycles. The van der Waals surface area contributed by atoms with E-state index < -0.39 is 27.9 Å². The topological polar surface area (TPSA) is 123 Å². The van der Waals surface area contributed by atoms with E-state index in [0.717, 1.165) is 6.26 Å². The van der Waals surface area contributed by atoms with Crippen LogP contribution < -0.4 is 25.0 Å². The molecule has 0 saturated carbocycles. The van der Waals surface area contributed by atoms with Crippen LogP contribution in [0.1, 0.15) is 10.4 Å². The number of hydrazine groups is 1. The van der Waals surface area contributed by atoms with E-state index in [4.69, 9.17) is 21.1 Å². The molecule has 2 aromatic rings. The molecule has 0 bridgehead atoms. The summed E-state index contributed by atoms with van der Waals surface area (Å²) in [7, 11) is -3.62. The van der Waals surface area contributed by atoms with E-state index in [1.807, 2.05) is 0 Å². The fourth-order valence-corrected chi connectivity index (χ4v) is 3.16. The lowest BCUT2D eigenvalue weighted by Gasteiger charge is -2.25. The quantitative estimate of drug-likeness (QED) is 0.635. The summed E-state index contributed by atoms with van der Waals surface area (Å²) in [5.41, 5.74) is 4.39. The molecule has 3 rings (SSSR count). The van der Waals surface area contributed by atoms with Crippen molar-refractivity contribution in [2.75, 3.05) is 17.6 Å². The van der Waals surface area contributed by atoms with Gasteiger partial charge in [0.1, 0.15) is 6.61 Å². The number of nitrogens with one attached hydrogen (secondary N) is 3. The Balaban J connectivity index is 1.66. The molecule has 28 heavy (non-hydrogen) atoms. The van der Waals surface area contributed by atoms with Gasteiger partial charge in [-0.3, -0.25) is 25.2 Å². The average Bonchev–Trinajstić information content (AvgIpc) is 2.65. The van der Waals surface area contributed by atoms with Crippen LogP contribution in [0, 0.1) is 0 Å². The number of halogens is 1. The number of benzene rings is 2. The minimum absolute atomic E-state index is 0.0184. The molecule has 0 saturated heterocycles. The van der Waals surface area contributed by atoms with Crippen molar-refractivity contribution in [1.29, 1.82) is 0 Å². The van der Waals surface area contributed by atoms with Crippen molar-refractivity contribution >= 4 is 39.1 Å². The summed E-state index contributed by atoms with van der Waals surface area (Å²) in [6.45, 7) is -0.0310. The Kier molecular flexibility index (Phi) is 5.61. The smallest absolute Gasteiger partial charge is 0.283 e. The number of rotatable bonds is 4. The summed E-state index contributed by atoms with van der Waals surface area (Å²) >= 11 is 5.88. The fraction of sp³-hybridized carbons (Fsp3) is 0.176. The SMILES string of the molecule is CS(=O)(=O)Nc1ccc(Cl)cc1C(=O)NNC(=O)[C@H]1COc2ccccc2O1. The van der Waals surface area contributed by atoms with Gasteiger partial charge in [-0.25, -0.2) is 8.42 Å². The molecule has 1 atom stereocenters. The summed E-state index contributed by atoms with van der Waals surface area (Å²) in [5, 5.41) is 0.219. The molecular weight excluding hydrogens is 410 g/mol. The third-order valence-corrected chi connectivity index (χ3v) is 4.45. The zero-order chi connectivity index (χ0) is 20.3. The van der Waals surface area contributed by atoms with Gasteiger partial charge in [0.2, 0.25) is 16.1 Å². The number of anilines is 1. The van der Waals surface area contributed by atoms with Crippen molar-refractivity contribution in [2.45, 2.75) is 6.10 Å². The van der Waals surface area contributed by atoms with Gasteiger partial charge < -0.3 is 9.47 Å². The molecule has 1 aliphatic rings. The van der Waals surface area contributed by atoms with Crippen LogP contribution in [0.5, 0.6) is 11.5 Å². The van der Waals surface area contributed by atoms with Gasteiger partial charge in [-0.1, -0.05) is 23.7 Å². The van der Waals surface area contributed by atoms with Gasteiger partial charge in [-0.15, -0.1) is 0 Å². The van der Waals surface area contributed by atoms with Crippen LogP contribution in [-0.2, 0) is 14.8 Å². The number of carbonyl (C=O) groups is 2. The molecule has 0 aromatic heterocycles. The first-order chi connectivity index (χ1) is 13.2. The van der Waals surface area contributed by atoms with E-state index in [-0.39, 0.29) is 22.9 Å². The van der Waals surface area contributed by atoms with Crippen LogP contribution in [0.25, 0.3) is 0 Å². The van der Waals surface area contributed by atoms with E-state index in [1.165, 1.54) is 18.2 Å². The van der Waals surface area contributed by atoms with Gasteiger partial charge in [0.15, 0.2) is 11.5 Å². The van der Waals surface area contributed by atoms with Crippen molar-refractivity contribution < 1.29 is 27.5 Å². The first-order valence-electron chi connectivity index (χ1n) is 7.99. The largest absolute Gasteiger partial charge is 0.485 e. The van der Waals surface area contributed by atoms with Gasteiger partial charge in [0, 0.05) is 5.02 Å². The number of carbonyl (C=O) groups excluding carboxylic acids is 2. The third-order valence-electron chi connectivity index (χ3n) is 3.62. The van der Waals surface area contributed by atoms with E-state index in [1.54, 1.807) is 24.3 Å². The minimum Gasteiger partial charge on any atom is -0.485 e. The lowest BCUT2D eigenvalue weighted by atomic mass is 10.2. The van der Waals surface area contributed by atoms with Crippen LogP contribution in [0.2, 0.25) is 5.02 Å². The Morgan fingerprint density at radius 1 is 1.11 bits per heavy atom. The maximum Gasteiger partial charge on any atom is 0.283 e. The number of amides is 2. The maximum absolute atomic E-state index is 12.4. The third kappa shape index (κ3) is 4.84. The van der Waals surface area contributed by atoms with E-state index in [9.17, 15) is 18.0 Å². The van der Waals surface area contributed by atoms with Gasteiger partial charge in [-0.05, 0) is 30.3 Å². The van der Waals surface area contributed by atoms with Crippen molar-refractivity contribution in [3.63, 3.8) is 0 Å². The second kappa shape index (κ2) is 7.95. The molecule has 0 fully saturated rings. The van der Waals surface area contributed by atoms with Gasteiger partial charge >= 0.3 is 0 Å². The summed E-state index contributed by atoms with van der Waals surface area (Å²) in [6.07, 6.45) is -0.0215. The molecule has 9 nitrogen and oxygen atoms in total. The molecule has 0 aliphatic carbocycles. The zero-order valence-corrected chi connectivity index (χ0v) is 16.1.